The molecule has 1 atom stereocenters. The lowest BCUT2D eigenvalue weighted by molar-refractivity contribution is -0.440. The largest absolute Gasteiger partial charge is 0.460 e. The van der Waals surface area contributed by atoms with Gasteiger partial charge in [0.1, 0.15) is 6.17 Å². The molecule has 1 nitrogen and oxygen atoms in total. The van der Waals surface area contributed by atoms with Crippen molar-refractivity contribution in [3.8, 4) is 0 Å². The van der Waals surface area contributed by atoms with Crippen molar-refractivity contribution < 1.29 is 66.2 Å². The standard InChI is InChI=1S/C27H42F14O/c1-2-3-4-5-6-7-8-9-10-11-12-13-14-15-16-17-18-42-20-21(28)19-22(29,30)23(31,32)24(33,34)25(35,36)26(37,38)27(39,40)41/h21H,2-20H2,1H3. The monoisotopic (exact) mass is 648 g/mol. The maximum absolute atomic E-state index is 13.7. The van der Waals surface area contributed by atoms with E-state index in [1.54, 1.807) is 0 Å². The Bertz CT molecular complexity index is 709. The van der Waals surface area contributed by atoms with Gasteiger partial charge in [-0.2, -0.15) is 57.1 Å². The zero-order valence-corrected chi connectivity index (χ0v) is 23.7. The van der Waals surface area contributed by atoms with Crippen molar-refractivity contribution in [3.05, 3.63) is 0 Å². The molecule has 0 bridgehead atoms. The predicted octanol–water partition coefficient (Wildman–Crippen LogP) is 11.7. The molecule has 15 heteroatoms. The molecule has 0 aliphatic carbocycles. The van der Waals surface area contributed by atoms with E-state index in [2.05, 4.69) is 11.7 Å². The van der Waals surface area contributed by atoms with Gasteiger partial charge in [-0.3, -0.25) is 0 Å². The molecule has 1 unspecified atom stereocenters. The fourth-order valence-corrected chi connectivity index (χ4v) is 4.23. The van der Waals surface area contributed by atoms with Gasteiger partial charge in [0.25, 0.3) is 0 Å². The minimum absolute atomic E-state index is 0.229. The second-order valence-corrected chi connectivity index (χ2v) is 10.7. The van der Waals surface area contributed by atoms with Crippen molar-refractivity contribution in [1.82, 2.24) is 0 Å². The normalized spacial score (nSPS) is 14.9. The molecule has 0 amide bonds. The van der Waals surface area contributed by atoms with Crippen LogP contribution >= 0.6 is 0 Å². The summed E-state index contributed by atoms with van der Waals surface area (Å²) in [5, 5.41) is 0. The minimum atomic E-state index is -7.99. The minimum Gasteiger partial charge on any atom is -0.378 e. The number of hydrogen-bond donors (Lipinski definition) is 0. The van der Waals surface area contributed by atoms with E-state index < -0.39 is 55.0 Å². The highest BCUT2D eigenvalue weighted by Crippen LogP contribution is 2.60. The van der Waals surface area contributed by atoms with E-state index in [1.807, 2.05) is 0 Å². The number of ether oxygens (including phenoxy) is 1. The van der Waals surface area contributed by atoms with Crippen LogP contribution in [-0.4, -0.2) is 55.2 Å². The first-order chi connectivity index (χ1) is 19.2. The lowest BCUT2D eigenvalue weighted by atomic mass is 9.92. The van der Waals surface area contributed by atoms with E-state index in [0.29, 0.717) is 12.8 Å². The summed E-state index contributed by atoms with van der Waals surface area (Å²) >= 11 is 0. The molecule has 0 aliphatic heterocycles. The number of unbranched alkanes of at least 4 members (excludes halogenated alkanes) is 15. The highest BCUT2D eigenvalue weighted by Gasteiger charge is 2.90. The second kappa shape index (κ2) is 18.1. The van der Waals surface area contributed by atoms with Gasteiger partial charge in [0.15, 0.2) is 0 Å². The third-order valence-corrected chi connectivity index (χ3v) is 6.92. The summed E-state index contributed by atoms with van der Waals surface area (Å²) in [6.07, 6.45) is 3.47. The highest BCUT2D eigenvalue weighted by atomic mass is 19.4. The molecule has 0 aliphatic rings. The topological polar surface area (TPSA) is 9.23 Å². The van der Waals surface area contributed by atoms with Gasteiger partial charge in [0.2, 0.25) is 0 Å². The molecule has 0 aromatic rings. The second-order valence-electron chi connectivity index (χ2n) is 10.7. The van der Waals surface area contributed by atoms with Crippen molar-refractivity contribution in [2.24, 2.45) is 0 Å². The SMILES string of the molecule is CCCCCCCCCCCCCCCCCCOCC(F)CC(F)(F)C(F)(F)C(F)(F)C(F)(F)C(F)(F)C(F)(F)F. The molecule has 0 aromatic heterocycles. The Labute approximate surface area is 238 Å². The number of rotatable bonds is 25. The van der Waals surface area contributed by atoms with Crippen molar-refractivity contribution >= 4 is 0 Å². The fourth-order valence-electron chi connectivity index (χ4n) is 4.23. The first-order valence-corrected chi connectivity index (χ1v) is 14.4. The van der Waals surface area contributed by atoms with E-state index >= 15 is 0 Å². The Hall–Kier alpha value is -1.02. The van der Waals surface area contributed by atoms with Crippen LogP contribution in [0.3, 0.4) is 0 Å². The van der Waals surface area contributed by atoms with E-state index in [1.165, 1.54) is 51.4 Å². The van der Waals surface area contributed by atoms with Crippen LogP contribution in [0, 0.1) is 0 Å². The average molecular weight is 649 g/mol. The van der Waals surface area contributed by atoms with Crippen LogP contribution in [-0.2, 0) is 4.74 Å². The summed E-state index contributed by atoms with van der Waals surface area (Å²) in [7, 11) is 0. The van der Waals surface area contributed by atoms with Crippen LogP contribution in [0.25, 0.3) is 0 Å². The zero-order chi connectivity index (χ0) is 32.7. The van der Waals surface area contributed by atoms with Gasteiger partial charge in [-0.1, -0.05) is 103 Å². The van der Waals surface area contributed by atoms with Gasteiger partial charge in [0.05, 0.1) is 13.0 Å². The van der Waals surface area contributed by atoms with Crippen LogP contribution in [0.5, 0.6) is 0 Å². The lowest BCUT2D eigenvalue weighted by Gasteiger charge is -2.40. The summed E-state index contributed by atoms with van der Waals surface area (Å²) < 4.78 is 188. The van der Waals surface area contributed by atoms with E-state index in [0.717, 1.165) is 38.5 Å². The van der Waals surface area contributed by atoms with Gasteiger partial charge in [0, 0.05) is 6.61 Å². The molecule has 0 aromatic carbocycles. The number of alkyl halides is 14. The van der Waals surface area contributed by atoms with Crippen molar-refractivity contribution in [2.45, 2.75) is 158 Å². The molecule has 0 saturated heterocycles. The lowest BCUT2D eigenvalue weighted by Crippen LogP contribution is -2.70. The van der Waals surface area contributed by atoms with Crippen molar-refractivity contribution in [1.29, 1.82) is 0 Å². The Morgan fingerprint density at radius 1 is 0.452 bits per heavy atom. The molecule has 0 radical (unpaired) electrons. The van der Waals surface area contributed by atoms with Crippen molar-refractivity contribution in [2.75, 3.05) is 13.2 Å². The Morgan fingerprint density at radius 3 is 1.14 bits per heavy atom. The Balaban J connectivity index is 4.27. The maximum Gasteiger partial charge on any atom is 0.460 e. The third-order valence-electron chi connectivity index (χ3n) is 6.92. The van der Waals surface area contributed by atoms with E-state index in [-0.39, 0.29) is 6.61 Å². The van der Waals surface area contributed by atoms with Gasteiger partial charge in [-0.05, 0) is 6.42 Å². The average Bonchev–Trinajstić information content (AvgIpc) is 2.86. The molecule has 42 heavy (non-hydrogen) atoms. The summed E-state index contributed by atoms with van der Waals surface area (Å²) in [6, 6.07) is 0. The van der Waals surface area contributed by atoms with Crippen LogP contribution in [0.15, 0.2) is 0 Å². The zero-order valence-electron chi connectivity index (χ0n) is 23.7. The third kappa shape index (κ3) is 11.8. The van der Waals surface area contributed by atoms with Gasteiger partial charge >= 0.3 is 35.8 Å². The van der Waals surface area contributed by atoms with Gasteiger partial charge in [-0.15, -0.1) is 0 Å². The Morgan fingerprint density at radius 2 is 0.786 bits per heavy atom. The predicted molar refractivity (Wildman–Crippen MR) is 131 cm³/mol. The van der Waals surface area contributed by atoms with Crippen LogP contribution in [0.4, 0.5) is 61.5 Å². The van der Waals surface area contributed by atoms with E-state index in [9.17, 15) is 61.5 Å². The van der Waals surface area contributed by atoms with Crippen LogP contribution in [0.1, 0.15) is 116 Å². The maximum atomic E-state index is 13.7. The summed E-state index contributed by atoms with van der Waals surface area (Å²) in [6.45, 7) is 0.607. The molecule has 0 spiro atoms. The summed E-state index contributed by atoms with van der Waals surface area (Å²) in [4.78, 5) is 0. The Kier molecular flexibility index (Phi) is 17.6. The summed E-state index contributed by atoms with van der Waals surface area (Å²) in [5.74, 6) is -37.6. The van der Waals surface area contributed by atoms with Crippen molar-refractivity contribution in [3.63, 3.8) is 0 Å². The molecule has 0 rings (SSSR count). The molecule has 0 saturated carbocycles. The highest BCUT2D eigenvalue weighted by molar-refractivity contribution is 5.10. The first-order valence-electron chi connectivity index (χ1n) is 14.4. The number of hydrogen-bond acceptors (Lipinski definition) is 1. The summed E-state index contributed by atoms with van der Waals surface area (Å²) in [5.41, 5.74) is 0. The van der Waals surface area contributed by atoms with E-state index in [4.69, 9.17) is 0 Å². The van der Waals surface area contributed by atoms with Gasteiger partial charge < -0.3 is 4.74 Å². The van der Waals surface area contributed by atoms with Crippen LogP contribution in [0.2, 0.25) is 0 Å². The molecular formula is C27H42F14O. The molecular weight excluding hydrogens is 606 g/mol. The van der Waals surface area contributed by atoms with Crippen LogP contribution < -0.4 is 0 Å². The smallest absolute Gasteiger partial charge is 0.378 e. The van der Waals surface area contributed by atoms with Gasteiger partial charge in [-0.25, -0.2) is 4.39 Å². The molecule has 0 N–H and O–H groups in total. The molecule has 254 valence electrons. The molecule has 0 heterocycles. The first kappa shape index (κ1) is 41.0. The quantitative estimate of drug-likeness (QED) is 0.0707. The fraction of sp³-hybridized carbons (Fsp3) is 1.00. The number of halogens is 14. The molecule has 0 fully saturated rings.